The van der Waals surface area contributed by atoms with Gasteiger partial charge in [-0.1, -0.05) is 18.2 Å². The number of nitrogens with zero attached hydrogens (tertiary/aromatic N) is 3. The first-order valence-corrected chi connectivity index (χ1v) is 8.51. The Hall–Kier alpha value is -2.87. The number of para-hydroxylation sites is 1. The highest BCUT2D eigenvalue weighted by Gasteiger charge is 2.11. The van der Waals surface area contributed by atoms with Crippen LogP contribution in [0.4, 0.5) is 5.95 Å². The fourth-order valence-electron chi connectivity index (χ4n) is 2.55. The molecule has 0 saturated carbocycles. The van der Waals surface area contributed by atoms with E-state index in [1.807, 2.05) is 42.5 Å². The average molecular weight is 400 g/mol. The van der Waals surface area contributed by atoms with E-state index < -0.39 is 0 Å². The van der Waals surface area contributed by atoms with Crippen LogP contribution >= 0.6 is 15.9 Å². The zero-order valence-corrected chi connectivity index (χ0v) is 14.7. The van der Waals surface area contributed by atoms with Crippen molar-refractivity contribution in [1.29, 1.82) is 0 Å². The summed E-state index contributed by atoms with van der Waals surface area (Å²) in [5.41, 5.74) is 1.13. The fraction of sp³-hybridized carbons (Fsp3) is 0.118. The van der Waals surface area contributed by atoms with Crippen LogP contribution in [0.25, 0.3) is 16.7 Å². The van der Waals surface area contributed by atoms with E-state index in [0.717, 1.165) is 11.4 Å². The van der Waals surface area contributed by atoms with E-state index in [0.29, 0.717) is 34.6 Å². The summed E-state index contributed by atoms with van der Waals surface area (Å²) in [6.45, 7) is 0.577. The third kappa shape index (κ3) is 3.20. The monoisotopic (exact) mass is 399 g/mol. The predicted octanol–water partition coefficient (Wildman–Crippen LogP) is 3.12. The van der Waals surface area contributed by atoms with Gasteiger partial charge in [0.15, 0.2) is 10.3 Å². The number of aromatic nitrogens is 4. The first-order valence-electron chi connectivity index (χ1n) is 7.72. The first kappa shape index (κ1) is 15.6. The number of nitrogens with one attached hydrogen (secondary N) is 2. The number of hydrogen-bond donors (Lipinski definition) is 2. The minimum atomic E-state index is -0.226. The predicted molar refractivity (Wildman–Crippen MR) is 98.1 cm³/mol. The maximum atomic E-state index is 12.3. The van der Waals surface area contributed by atoms with Crippen molar-refractivity contribution >= 4 is 32.9 Å². The van der Waals surface area contributed by atoms with Crippen LogP contribution in [0, 0.1) is 0 Å². The molecule has 126 valence electrons. The molecule has 2 N–H and O–H groups in total. The summed E-state index contributed by atoms with van der Waals surface area (Å²) in [6.07, 6.45) is 2.20. The Morgan fingerprint density at radius 1 is 1.20 bits per heavy atom. The number of rotatable bonds is 5. The topological polar surface area (TPSA) is 88.7 Å². The Labute approximate surface area is 150 Å². The van der Waals surface area contributed by atoms with E-state index in [-0.39, 0.29) is 5.56 Å². The molecule has 0 amide bonds. The summed E-state index contributed by atoms with van der Waals surface area (Å²) in [5.74, 6) is 1.25. The molecule has 0 fully saturated rings. The van der Waals surface area contributed by atoms with Gasteiger partial charge in [0.25, 0.3) is 5.56 Å². The largest absolute Gasteiger partial charge is 0.454 e. The Morgan fingerprint density at radius 2 is 2.04 bits per heavy atom. The van der Waals surface area contributed by atoms with E-state index in [1.165, 1.54) is 6.20 Å². The summed E-state index contributed by atoms with van der Waals surface area (Å²) in [7, 11) is 0. The van der Waals surface area contributed by atoms with Gasteiger partial charge >= 0.3 is 0 Å². The van der Waals surface area contributed by atoms with Gasteiger partial charge in [0.05, 0.1) is 11.9 Å². The normalized spacial score (nSPS) is 11.1. The van der Waals surface area contributed by atoms with E-state index >= 15 is 0 Å². The Bertz CT molecular complexity index is 1070. The lowest BCUT2D eigenvalue weighted by atomic mass is 10.3. The van der Waals surface area contributed by atoms with Crippen LogP contribution in [0.2, 0.25) is 0 Å². The second-order valence-corrected chi connectivity index (χ2v) is 6.21. The molecule has 4 rings (SSSR count). The Balaban J connectivity index is 1.60. The molecule has 3 heterocycles. The van der Waals surface area contributed by atoms with Crippen molar-refractivity contribution in [3.8, 4) is 5.69 Å². The molecule has 0 saturated heterocycles. The van der Waals surface area contributed by atoms with Crippen molar-refractivity contribution < 1.29 is 4.42 Å². The smallest absolute Gasteiger partial charge is 0.263 e. The number of benzene rings is 1. The molecular formula is C17H14BrN5O2. The van der Waals surface area contributed by atoms with Gasteiger partial charge in [0.2, 0.25) is 5.95 Å². The molecule has 0 aliphatic heterocycles. The van der Waals surface area contributed by atoms with Gasteiger partial charge in [-0.05, 0) is 40.2 Å². The summed E-state index contributed by atoms with van der Waals surface area (Å²) in [6, 6.07) is 13.3. The molecule has 3 aromatic heterocycles. The molecule has 8 heteroatoms. The SMILES string of the molecule is O=c1[nH]c(NCCc2ccc(Br)o2)nc2c1cnn2-c1ccccc1. The number of furan rings is 1. The van der Waals surface area contributed by atoms with Gasteiger partial charge < -0.3 is 9.73 Å². The van der Waals surface area contributed by atoms with E-state index in [1.54, 1.807) is 4.68 Å². The highest BCUT2D eigenvalue weighted by Crippen LogP contribution is 2.16. The van der Waals surface area contributed by atoms with E-state index in [4.69, 9.17) is 4.42 Å². The highest BCUT2D eigenvalue weighted by atomic mass is 79.9. The van der Waals surface area contributed by atoms with Crippen LogP contribution in [0.15, 0.2) is 62.5 Å². The molecule has 0 bridgehead atoms. The maximum Gasteiger partial charge on any atom is 0.263 e. The molecule has 0 aliphatic rings. The number of halogens is 1. The molecule has 0 aliphatic carbocycles. The molecule has 0 radical (unpaired) electrons. The zero-order valence-electron chi connectivity index (χ0n) is 13.1. The summed E-state index contributed by atoms with van der Waals surface area (Å²) < 4.78 is 7.80. The lowest BCUT2D eigenvalue weighted by Crippen LogP contribution is -2.15. The lowest BCUT2D eigenvalue weighted by Gasteiger charge is -2.06. The molecule has 4 aromatic rings. The Kier molecular flexibility index (Phi) is 4.10. The molecule has 0 unspecified atom stereocenters. The van der Waals surface area contributed by atoms with E-state index in [9.17, 15) is 4.79 Å². The van der Waals surface area contributed by atoms with Gasteiger partial charge in [-0.2, -0.15) is 10.1 Å². The average Bonchev–Trinajstić information content (AvgIpc) is 3.22. The zero-order chi connectivity index (χ0) is 17.2. The second kappa shape index (κ2) is 6.56. The van der Waals surface area contributed by atoms with Crippen molar-refractivity contribution in [2.75, 3.05) is 11.9 Å². The molecule has 0 spiro atoms. The van der Waals surface area contributed by atoms with Crippen LogP contribution in [-0.4, -0.2) is 26.3 Å². The number of anilines is 1. The van der Waals surface area contributed by atoms with Gasteiger partial charge in [-0.3, -0.25) is 9.78 Å². The summed E-state index contributed by atoms with van der Waals surface area (Å²) in [5, 5.41) is 7.85. The molecule has 1 aromatic carbocycles. The van der Waals surface area contributed by atoms with Crippen LogP contribution in [0.5, 0.6) is 0 Å². The van der Waals surface area contributed by atoms with Gasteiger partial charge in [-0.25, -0.2) is 4.68 Å². The van der Waals surface area contributed by atoms with Crippen molar-refractivity contribution in [2.24, 2.45) is 0 Å². The standard InChI is InChI=1S/C17H14BrN5O2/c18-14-7-6-12(25-14)8-9-19-17-21-15-13(16(24)22-17)10-20-23(15)11-4-2-1-3-5-11/h1-7,10H,8-9H2,(H2,19,21,22,24). The van der Waals surface area contributed by atoms with Crippen molar-refractivity contribution in [3.63, 3.8) is 0 Å². The van der Waals surface area contributed by atoms with Crippen LogP contribution < -0.4 is 10.9 Å². The summed E-state index contributed by atoms with van der Waals surface area (Å²) in [4.78, 5) is 19.5. The van der Waals surface area contributed by atoms with Crippen molar-refractivity contribution in [3.05, 3.63) is 69.4 Å². The molecule has 25 heavy (non-hydrogen) atoms. The van der Waals surface area contributed by atoms with Crippen LogP contribution in [0.1, 0.15) is 5.76 Å². The number of fused-ring (bicyclic) bond motifs is 1. The van der Waals surface area contributed by atoms with Gasteiger partial charge in [0, 0.05) is 13.0 Å². The second-order valence-electron chi connectivity index (χ2n) is 5.43. The van der Waals surface area contributed by atoms with Gasteiger partial charge in [0.1, 0.15) is 11.1 Å². The minimum Gasteiger partial charge on any atom is -0.454 e. The number of H-pyrrole nitrogens is 1. The number of hydrogen-bond acceptors (Lipinski definition) is 5. The minimum absolute atomic E-state index is 0.226. The first-order chi connectivity index (χ1) is 12.2. The molecule has 7 nitrogen and oxygen atoms in total. The summed E-state index contributed by atoms with van der Waals surface area (Å²) >= 11 is 3.27. The van der Waals surface area contributed by atoms with Crippen molar-refractivity contribution in [1.82, 2.24) is 19.7 Å². The fourth-order valence-corrected chi connectivity index (χ4v) is 2.89. The third-order valence-electron chi connectivity index (χ3n) is 3.73. The number of aromatic amines is 1. The van der Waals surface area contributed by atoms with Gasteiger partial charge in [-0.15, -0.1) is 0 Å². The quantitative estimate of drug-likeness (QED) is 0.538. The molecule has 0 atom stereocenters. The Morgan fingerprint density at radius 3 is 2.80 bits per heavy atom. The van der Waals surface area contributed by atoms with Crippen LogP contribution in [0.3, 0.4) is 0 Å². The van der Waals surface area contributed by atoms with E-state index in [2.05, 4.69) is 36.3 Å². The van der Waals surface area contributed by atoms with Crippen LogP contribution in [-0.2, 0) is 6.42 Å². The molecular weight excluding hydrogens is 386 g/mol. The highest BCUT2D eigenvalue weighted by molar-refractivity contribution is 9.10. The maximum absolute atomic E-state index is 12.3. The lowest BCUT2D eigenvalue weighted by molar-refractivity contribution is 0.491. The third-order valence-corrected chi connectivity index (χ3v) is 4.16. The van der Waals surface area contributed by atoms with Crippen molar-refractivity contribution in [2.45, 2.75) is 6.42 Å².